The van der Waals surface area contributed by atoms with Crippen LogP contribution in [0.3, 0.4) is 0 Å². The van der Waals surface area contributed by atoms with Gasteiger partial charge in [0, 0.05) is 25.2 Å². The van der Waals surface area contributed by atoms with Crippen molar-refractivity contribution in [3.05, 3.63) is 29.3 Å². The zero-order valence-electron chi connectivity index (χ0n) is 11.6. The lowest BCUT2D eigenvalue weighted by Gasteiger charge is -2.35. The molecule has 1 aromatic carbocycles. The van der Waals surface area contributed by atoms with Crippen LogP contribution in [-0.2, 0) is 9.53 Å². The summed E-state index contributed by atoms with van der Waals surface area (Å²) in [4.78, 5) is 12.9. The first-order chi connectivity index (χ1) is 9.08. The molecule has 1 fully saturated rings. The molecule has 1 atom stereocenters. The zero-order valence-corrected chi connectivity index (χ0v) is 11.6. The standard InChI is InChI=1S/C15H21NO3/c1-11-4-3-5-14(12(11)2)16-8-9-19-13(10-16)6-7-15(17)18/h3-5,13H,6-10H2,1-2H3,(H,17,18). The maximum absolute atomic E-state index is 10.6. The summed E-state index contributed by atoms with van der Waals surface area (Å²) in [6, 6.07) is 6.31. The number of carboxylic acids is 1. The Bertz CT molecular complexity index is 459. The van der Waals surface area contributed by atoms with Gasteiger partial charge in [-0.1, -0.05) is 12.1 Å². The Hall–Kier alpha value is -1.55. The third-order valence-corrected chi connectivity index (χ3v) is 3.74. The van der Waals surface area contributed by atoms with Crippen LogP contribution in [0.2, 0.25) is 0 Å². The fourth-order valence-corrected chi connectivity index (χ4v) is 2.48. The summed E-state index contributed by atoms with van der Waals surface area (Å²) in [7, 11) is 0. The van der Waals surface area contributed by atoms with Gasteiger partial charge in [0.1, 0.15) is 0 Å². The van der Waals surface area contributed by atoms with Crippen LogP contribution in [0, 0.1) is 13.8 Å². The smallest absolute Gasteiger partial charge is 0.303 e. The molecule has 1 heterocycles. The monoisotopic (exact) mass is 263 g/mol. The molecule has 1 aliphatic rings. The van der Waals surface area contributed by atoms with Crippen molar-refractivity contribution in [3.63, 3.8) is 0 Å². The first-order valence-corrected chi connectivity index (χ1v) is 6.72. The normalized spacial score (nSPS) is 19.5. The van der Waals surface area contributed by atoms with Gasteiger partial charge in [0.2, 0.25) is 0 Å². The van der Waals surface area contributed by atoms with Crippen molar-refractivity contribution in [2.45, 2.75) is 32.8 Å². The highest BCUT2D eigenvalue weighted by atomic mass is 16.5. The van der Waals surface area contributed by atoms with Crippen LogP contribution in [0.5, 0.6) is 0 Å². The van der Waals surface area contributed by atoms with Gasteiger partial charge >= 0.3 is 5.97 Å². The highest BCUT2D eigenvalue weighted by molar-refractivity contribution is 5.66. The van der Waals surface area contributed by atoms with Gasteiger partial charge in [-0.3, -0.25) is 4.79 Å². The van der Waals surface area contributed by atoms with Gasteiger partial charge in [0.25, 0.3) is 0 Å². The molecule has 2 rings (SSSR count). The zero-order chi connectivity index (χ0) is 13.8. The van der Waals surface area contributed by atoms with Crippen LogP contribution in [-0.4, -0.2) is 36.9 Å². The maximum Gasteiger partial charge on any atom is 0.303 e. The van der Waals surface area contributed by atoms with Crippen molar-refractivity contribution in [2.75, 3.05) is 24.6 Å². The van der Waals surface area contributed by atoms with Crippen LogP contribution >= 0.6 is 0 Å². The average molecular weight is 263 g/mol. The quantitative estimate of drug-likeness (QED) is 0.906. The summed E-state index contributed by atoms with van der Waals surface area (Å²) >= 11 is 0. The van der Waals surface area contributed by atoms with Gasteiger partial charge in [0.15, 0.2) is 0 Å². The van der Waals surface area contributed by atoms with E-state index in [1.165, 1.54) is 16.8 Å². The van der Waals surface area contributed by atoms with Crippen LogP contribution in [0.15, 0.2) is 18.2 Å². The average Bonchev–Trinajstić information content (AvgIpc) is 2.40. The highest BCUT2D eigenvalue weighted by Gasteiger charge is 2.22. The fourth-order valence-electron chi connectivity index (χ4n) is 2.48. The van der Waals surface area contributed by atoms with Gasteiger partial charge in [-0.15, -0.1) is 0 Å². The van der Waals surface area contributed by atoms with Crippen molar-refractivity contribution < 1.29 is 14.6 Å². The molecule has 0 amide bonds. The molecule has 1 saturated heterocycles. The Labute approximate surface area is 114 Å². The minimum Gasteiger partial charge on any atom is -0.481 e. The van der Waals surface area contributed by atoms with Gasteiger partial charge in [-0.25, -0.2) is 0 Å². The van der Waals surface area contributed by atoms with Crippen LogP contribution in [0.1, 0.15) is 24.0 Å². The van der Waals surface area contributed by atoms with E-state index in [9.17, 15) is 4.79 Å². The summed E-state index contributed by atoms with van der Waals surface area (Å²) < 4.78 is 5.65. The third-order valence-electron chi connectivity index (χ3n) is 3.74. The molecule has 0 aliphatic carbocycles. The molecule has 104 valence electrons. The summed E-state index contributed by atoms with van der Waals surface area (Å²) in [5.41, 5.74) is 3.82. The molecule has 19 heavy (non-hydrogen) atoms. The molecule has 0 spiro atoms. The van der Waals surface area contributed by atoms with E-state index in [2.05, 4.69) is 36.9 Å². The summed E-state index contributed by atoms with van der Waals surface area (Å²) in [6.45, 7) is 6.55. The lowest BCUT2D eigenvalue weighted by Crippen LogP contribution is -2.43. The predicted molar refractivity (Wildman–Crippen MR) is 74.7 cm³/mol. The number of carbonyl (C=O) groups is 1. The molecule has 4 nitrogen and oxygen atoms in total. The van der Waals surface area contributed by atoms with Gasteiger partial charge in [0.05, 0.1) is 12.7 Å². The fraction of sp³-hybridized carbons (Fsp3) is 0.533. The number of carboxylic acid groups (broad SMARTS) is 1. The number of anilines is 1. The second-order valence-electron chi connectivity index (χ2n) is 5.09. The van der Waals surface area contributed by atoms with Gasteiger partial charge in [-0.2, -0.15) is 0 Å². The number of aliphatic carboxylic acids is 1. The van der Waals surface area contributed by atoms with E-state index in [-0.39, 0.29) is 12.5 Å². The third kappa shape index (κ3) is 3.47. The van der Waals surface area contributed by atoms with Crippen LogP contribution < -0.4 is 4.90 Å². The topological polar surface area (TPSA) is 49.8 Å². The number of hydrogen-bond acceptors (Lipinski definition) is 3. The van der Waals surface area contributed by atoms with E-state index >= 15 is 0 Å². The summed E-state index contributed by atoms with van der Waals surface area (Å²) in [6.07, 6.45) is 0.770. The summed E-state index contributed by atoms with van der Waals surface area (Å²) in [5.74, 6) is -0.757. The van der Waals surface area contributed by atoms with Crippen LogP contribution in [0.25, 0.3) is 0 Å². The predicted octanol–water partition coefficient (Wildman–Crippen LogP) is 2.37. The van der Waals surface area contributed by atoms with E-state index < -0.39 is 5.97 Å². The summed E-state index contributed by atoms with van der Waals surface area (Å²) in [5, 5.41) is 8.74. The molecular formula is C15H21NO3. The molecule has 0 radical (unpaired) electrons. The second-order valence-corrected chi connectivity index (χ2v) is 5.09. The Morgan fingerprint density at radius 2 is 2.26 bits per heavy atom. The molecule has 1 unspecified atom stereocenters. The van der Waals surface area contributed by atoms with Crippen molar-refractivity contribution in [1.29, 1.82) is 0 Å². The Kier molecular flexibility index (Phi) is 4.43. The molecule has 0 bridgehead atoms. The highest BCUT2D eigenvalue weighted by Crippen LogP contribution is 2.25. The molecule has 0 aromatic heterocycles. The van der Waals surface area contributed by atoms with E-state index in [1.54, 1.807) is 0 Å². The largest absolute Gasteiger partial charge is 0.481 e. The van der Waals surface area contributed by atoms with E-state index in [4.69, 9.17) is 9.84 Å². The molecule has 4 heteroatoms. The lowest BCUT2D eigenvalue weighted by atomic mass is 10.1. The number of morpholine rings is 1. The maximum atomic E-state index is 10.6. The van der Waals surface area contributed by atoms with E-state index in [1.807, 2.05) is 0 Å². The van der Waals surface area contributed by atoms with E-state index in [0.29, 0.717) is 13.0 Å². The Balaban J connectivity index is 2.04. The molecule has 0 saturated carbocycles. The molecule has 1 aliphatic heterocycles. The van der Waals surface area contributed by atoms with E-state index in [0.717, 1.165) is 13.1 Å². The minimum absolute atomic E-state index is 0.0183. The van der Waals surface area contributed by atoms with Crippen molar-refractivity contribution in [3.8, 4) is 0 Å². The number of benzene rings is 1. The number of rotatable bonds is 4. The van der Waals surface area contributed by atoms with Gasteiger partial charge in [-0.05, 0) is 37.5 Å². The molecule has 1 N–H and O–H groups in total. The van der Waals surface area contributed by atoms with Crippen molar-refractivity contribution in [2.24, 2.45) is 0 Å². The minimum atomic E-state index is -0.757. The first-order valence-electron chi connectivity index (χ1n) is 6.72. The Morgan fingerprint density at radius 3 is 3.00 bits per heavy atom. The molecule has 1 aromatic rings. The van der Waals surface area contributed by atoms with Gasteiger partial charge < -0.3 is 14.7 Å². The van der Waals surface area contributed by atoms with Crippen molar-refractivity contribution in [1.82, 2.24) is 0 Å². The number of aryl methyl sites for hydroxylation is 1. The number of ether oxygens (including phenoxy) is 1. The number of nitrogens with zero attached hydrogens (tertiary/aromatic N) is 1. The second kappa shape index (κ2) is 6.06. The van der Waals surface area contributed by atoms with Crippen molar-refractivity contribution >= 4 is 11.7 Å². The SMILES string of the molecule is Cc1cccc(N2CCOC(CCC(=O)O)C2)c1C. The Morgan fingerprint density at radius 1 is 1.47 bits per heavy atom. The first kappa shape index (κ1) is 13.9. The van der Waals surface area contributed by atoms with Crippen LogP contribution in [0.4, 0.5) is 5.69 Å². The lowest BCUT2D eigenvalue weighted by molar-refractivity contribution is -0.137. The molecular weight excluding hydrogens is 242 g/mol. The number of hydrogen-bond donors (Lipinski definition) is 1.